The maximum absolute atomic E-state index is 10.4. The molecule has 1 aliphatic carbocycles. The summed E-state index contributed by atoms with van der Waals surface area (Å²) in [5.41, 5.74) is 0.965. The number of carbonyl (C=O) groups is 1. The monoisotopic (exact) mass is 176 g/mol. The van der Waals surface area contributed by atoms with Gasteiger partial charge in [-0.2, -0.15) is 0 Å². The van der Waals surface area contributed by atoms with Gasteiger partial charge < -0.3 is 5.11 Å². The molecule has 5 heteroatoms. The van der Waals surface area contributed by atoms with Crippen molar-refractivity contribution in [1.82, 2.24) is 4.98 Å². The van der Waals surface area contributed by atoms with Crippen LogP contribution in [-0.4, -0.2) is 34.9 Å². The summed E-state index contributed by atoms with van der Waals surface area (Å²) in [6.45, 7) is 0. The molecule has 2 rings (SSSR count). The molecule has 0 unspecified atom stereocenters. The SMILES string of the molecule is O=C(O)c1nc(C2CC2)cs1.[Li]. The maximum atomic E-state index is 10.4. The van der Waals surface area contributed by atoms with Crippen molar-refractivity contribution in [3.05, 3.63) is 16.1 Å². The Kier molecular flexibility index (Phi) is 2.94. The summed E-state index contributed by atoms with van der Waals surface area (Å²) in [6, 6.07) is 0. The number of aromatic nitrogens is 1. The molecule has 0 aromatic carbocycles. The van der Waals surface area contributed by atoms with Gasteiger partial charge in [0, 0.05) is 30.2 Å². The van der Waals surface area contributed by atoms with Gasteiger partial charge in [-0.05, 0) is 12.8 Å². The van der Waals surface area contributed by atoms with Crippen LogP contribution in [0.1, 0.15) is 34.3 Å². The third-order valence-corrected chi connectivity index (χ3v) is 2.55. The molecule has 0 spiro atoms. The van der Waals surface area contributed by atoms with Crippen molar-refractivity contribution < 1.29 is 9.90 Å². The summed E-state index contributed by atoms with van der Waals surface area (Å²) in [4.78, 5) is 14.4. The molecule has 1 heterocycles. The molecular formula is C7H7LiNO2S. The average molecular weight is 176 g/mol. The number of hydrogen-bond acceptors (Lipinski definition) is 3. The standard InChI is InChI=1S/C7H7NO2S.Li/c9-7(10)6-8-5(3-11-6)4-1-2-4;/h3-4H,1-2H2,(H,9,10);. The van der Waals surface area contributed by atoms with Gasteiger partial charge >= 0.3 is 5.97 Å². The molecular weight excluding hydrogens is 169 g/mol. The molecule has 1 N–H and O–H groups in total. The molecule has 1 aromatic heterocycles. The quantitative estimate of drug-likeness (QED) is 0.691. The minimum Gasteiger partial charge on any atom is -0.476 e. The van der Waals surface area contributed by atoms with Crippen LogP contribution in [0.4, 0.5) is 0 Å². The van der Waals surface area contributed by atoms with Crippen molar-refractivity contribution in [3.8, 4) is 0 Å². The second-order valence-corrected chi connectivity index (χ2v) is 3.52. The van der Waals surface area contributed by atoms with E-state index in [-0.39, 0.29) is 23.9 Å². The summed E-state index contributed by atoms with van der Waals surface area (Å²) in [5, 5.41) is 10.6. The first-order valence-electron chi connectivity index (χ1n) is 3.46. The summed E-state index contributed by atoms with van der Waals surface area (Å²) < 4.78 is 0. The number of rotatable bonds is 2. The first-order valence-corrected chi connectivity index (χ1v) is 4.34. The number of carboxylic acid groups (broad SMARTS) is 1. The number of thiazole rings is 1. The van der Waals surface area contributed by atoms with Gasteiger partial charge in [-0.1, -0.05) is 0 Å². The van der Waals surface area contributed by atoms with Crippen LogP contribution in [0.3, 0.4) is 0 Å². The van der Waals surface area contributed by atoms with E-state index in [9.17, 15) is 4.79 Å². The van der Waals surface area contributed by atoms with E-state index in [2.05, 4.69) is 4.98 Å². The third-order valence-electron chi connectivity index (χ3n) is 1.70. The zero-order chi connectivity index (χ0) is 7.84. The van der Waals surface area contributed by atoms with E-state index < -0.39 is 5.97 Å². The second kappa shape index (κ2) is 3.61. The average Bonchev–Trinajstić information content (AvgIpc) is 2.68. The molecule has 59 valence electrons. The first kappa shape index (κ1) is 9.78. The molecule has 1 fully saturated rings. The molecule has 1 radical (unpaired) electrons. The third kappa shape index (κ3) is 1.89. The number of hydrogen-bond donors (Lipinski definition) is 1. The molecule has 0 bridgehead atoms. The normalized spacial score (nSPS) is 15.3. The fraction of sp³-hybridized carbons (Fsp3) is 0.429. The molecule has 1 aliphatic rings. The van der Waals surface area contributed by atoms with Gasteiger partial charge in [0.15, 0.2) is 0 Å². The van der Waals surface area contributed by atoms with E-state index in [0.29, 0.717) is 5.92 Å². The summed E-state index contributed by atoms with van der Waals surface area (Å²) in [5.74, 6) is -0.360. The molecule has 0 amide bonds. The van der Waals surface area contributed by atoms with Crippen LogP contribution in [0.5, 0.6) is 0 Å². The topological polar surface area (TPSA) is 50.2 Å². The fourth-order valence-electron chi connectivity index (χ4n) is 0.951. The Bertz CT molecular complexity index is 295. The summed E-state index contributed by atoms with van der Waals surface area (Å²) >= 11 is 1.22. The maximum Gasteiger partial charge on any atom is 0.365 e. The van der Waals surface area contributed by atoms with Crippen LogP contribution in [0.2, 0.25) is 0 Å². The fourth-order valence-corrected chi connectivity index (χ4v) is 1.69. The Hall–Kier alpha value is -0.303. The molecule has 1 saturated carbocycles. The molecule has 0 atom stereocenters. The van der Waals surface area contributed by atoms with Gasteiger partial charge in [-0.25, -0.2) is 9.78 Å². The summed E-state index contributed by atoms with van der Waals surface area (Å²) in [7, 11) is 0. The molecule has 1 aromatic rings. The predicted octanol–water partition coefficient (Wildman–Crippen LogP) is 1.34. The van der Waals surface area contributed by atoms with Crippen LogP contribution < -0.4 is 0 Å². The van der Waals surface area contributed by atoms with Gasteiger partial charge in [-0.15, -0.1) is 11.3 Å². The number of carboxylic acids is 1. The van der Waals surface area contributed by atoms with E-state index in [4.69, 9.17) is 5.11 Å². The van der Waals surface area contributed by atoms with E-state index >= 15 is 0 Å². The van der Waals surface area contributed by atoms with E-state index in [1.807, 2.05) is 5.38 Å². The summed E-state index contributed by atoms with van der Waals surface area (Å²) in [6.07, 6.45) is 2.34. The van der Waals surface area contributed by atoms with E-state index in [1.165, 1.54) is 24.2 Å². The van der Waals surface area contributed by atoms with Crippen LogP contribution in [0, 0.1) is 0 Å². The van der Waals surface area contributed by atoms with Crippen molar-refractivity contribution >= 4 is 36.2 Å². The molecule has 12 heavy (non-hydrogen) atoms. The number of nitrogens with zero attached hydrogens (tertiary/aromatic N) is 1. The number of aromatic carboxylic acids is 1. The van der Waals surface area contributed by atoms with E-state index in [1.54, 1.807) is 0 Å². The van der Waals surface area contributed by atoms with Crippen molar-refractivity contribution in [3.63, 3.8) is 0 Å². The molecule has 0 saturated heterocycles. The predicted molar refractivity (Wildman–Crippen MR) is 46.8 cm³/mol. The van der Waals surface area contributed by atoms with Crippen molar-refractivity contribution in [2.75, 3.05) is 0 Å². The minimum atomic E-state index is -0.915. The zero-order valence-electron chi connectivity index (χ0n) is 6.78. The second-order valence-electron chi connectivity index (χ2n) is 2.66. The molecule has 3 nitrogen and oxygen atoms in total. The minimum absolute atomic E-state index is 0. The smallest absolute Gasteiger partial charge is 0.365 e. The van der Waals surface area contributed by atoms with Crippen molar-refractivity contribution in [2.45, 2.75) is 18.8 Å². The Labute approximate surface area is 86.0 Å². The van der Waals surface area contributed by atoms with Crippen LogP contribution in [0.25, 0.3) is 0 Å². The van der Waals surface area contributed by atoms with E-state index in [0.717, 1.165) is 5.69 Å². The van der Waals surface area contributed by atoms with Crippen molar-refractivity contribution in [1.29, 1.82) is 0 Å². The van der Waals surface area contributed by atoms with Gasteiger partial charge in [0.05, 0.1) is 5.69 Å². The Morgan fingerprint density at radius 3 is 2.75 bits per heavy atom. The Morgan fingerprint density at radius 1 is 1.67 bits per heavy atom. The van der Waals surface area contributed by atoms with Crippen molar-refractivity contribution in [2.24, 2.45) is 0 Å². The zero-order valence-corrected chi connectivity index (χ0v) is 7.60. The van der Waals surface area contributed by atoms with Gasteiger partial charge in [0.1, 0.15) is 0 Å². The molecule has 0 aliphatic heterocycles. The Morgan fingerprint density at radius 2 is 2.33 bits per heavy atom. The van der Waals surface area contributed by atoms with Crippen LogP contribution in [0.15, 0.2) is 5.38 Å². The van der Waals surface area contributed by atoms with Gasteiger partial charge in [-0.3, -0.25) is 0 Å². The van der Waals surface area contributed by atoms with Crippen LogP contribution in [-0.2, 0) is 0 Å². The van der Waals surface area contributed by atoms with Gasteiger partial charge in [0.2, 0.25) is 5.01 Å². The Balaban J connectivity index is 0.000000720. The van der Waals surface area contributed by atoms with Crippen LogP contribution >= 0.6 is 11.3 Å². The largest absolute Gasteiger partial charge is 0.476 e. The van der Waals surface area contributed by atoms with Gasteiger partial charge in [0.25, 0.3) is 0 Å². The first-order chi connectivity index (χ1) is 5.27.